The Labute approximate surface area is 209 Å². The third kappa shape index (κ3) is 7.80. The van der Waals surface area contributed by atoms with Gasteiger partial charge in [0.1, 0.15) is 0 Å². The number of aliphatic hydroxyl groups is 1. The van der Waals surface area contributed by atoms with E-state index in [9.17, 15) is 5.11 Å². The van der Waals surface area contributed by atoms with Crippen LogP contribution >= 0.6 is 15.9 Å². The maximum Gasteiger partial charge on any atom is 0.0917 e. The van der Waals surface area contributed by atoms with Gasteiger partial charge in [-0.1, -0.05) is 118 Å². The first-order chi connectivity index (χ1) is 16.1. The van der Waals surface area contributed by atoms with E-state index in [4.69, 9.17) is 0 Å². The van der Waals surface area contributed by atoms with Gasteiger partial charge in [0.25, 0.3) is 0 Å². The Bertz CT molecular complexity index is 972. The average molecular weight is 513 g/mol. The van der Waals surface area contributed by atoms with Gasteiger partial charge >= 0.3 is 0 Å². The van der Waals surface area contributed by atoms with Crippen molar-refractivity contribution in [2.75, 3.05) is 19.6 Å². The van der Waals surface area contributed by atoms with Crippen LogP contribution in [0, 0.1) is 0 Å². The molecule has 0 fully saturated rings. The molecule has 0 spiro atoms. The Morgan fingerprint density at radius 1 is 0.727 bits per heavy atom. The van der Waals surface area contributed by atoms with Crippen LogP contribution in [0.15, 0.2) is 53.0 Å². The number of hydrogen-bond donors (Lipinski definition) is 1. The molecule has 0 aliphatic rings. The van der Waals surface area contributed by atoms with Gasteiger partial charge in [-0.3, -0.25) is 0 Å². The van der Waals surface area contributed by atoms with Crippen LogP contribution in [0.25, 0.3) is 21.5 Å². The fraction of sp³-hybridized carbons (Fsp3) is 0.533. The molecule has 0 aliphatic carbocycles. The molecule has 3 heteroatoms. The molecule has 0 saturated heterocycles. The Balaban J connectivity index is 1.70. The second-order valence-electron chi connectivity index (χ2n) is 9.53. The van der Waals surface area contributed by atoms with Crippen LogP contribution in [-0.4, -0.2) is 29.6 Å². The third-order valence-electron chi connectivity index (χ3n) is 6.81. The lowest BCUT2D eigenvalue weighted by atomic mass is 9.98. The smallest absolute Gasteiger partial charge is 0.0917 e. The lowest BCUT2D eigenvalue weighted by Crippen LogP contribution is -2.31. The van der Waals surface area contributed by atoms with Crippen LogP contribution in [0.2, 0.25) is 0 Å². The summed E-state index contributed by atoms with van der Waals surface area (Å²) in [6.07, 6.45) is 12.5. The first kappa shape index (κ1) is 26.2. The van der Waals surface area contributed by atoms with Gasteiger partial charge in [-0.15, -0.1) is 0 Å². The Morgan fingerprint density at radius 3 is 1.97 bits per heavy atom. The molecular weight excluding hydrogens is 470 g/mol. The van der Waals surface area contributed by atoms with Crippen molar-refractivity contribution in [3.63, 3.8) is 0 Å². The molecule has 2 nitrogen and oxygen atoms in total. The number of rotatable bonds is 15. The van der Waals surface area contributed by atoms with E-state index in [0.717, 1.165) is 29.7 Å². The highest BCUT2D eigenvalue weighted by Crippen LogP contribution is 2.33. The summed E-state index contributed by atoms with van der Waals surface area (Å²) in [4.78, 5) is 2.51. The minimum Gasteiger partial charge on any atom is -0.387 e. The van der Waals surface area contributed by atoms with Crippen molar-refractivity contribution in [1.82, 2.24) is 4.90 Å². The van der Waals surface area contributed by atoms with Gasteiger partial charge in [-0.25, -0.2) is 0 Å². The van der Waals surface area contributed by atoms with E-state index in [1.165, 1.54) is 85.8 Å². The van der Waals surface area contributed by atoms with Crippen LogP contribution in [0.5, 0.6) is 0 Å². The van der Waals surface area contributed by atoms with Crippen LogP contribution < -0.4 is 0 Å². The normalized spacial score (nSPS) is 12.8. The fourth-order valence-electron chi connectivity index (χ4n) is 4.80. The summed E-state index contributed by atoms with van der Waals surface area (Å²) in [5, 5.41) is 16.1. The number of hydrogen-bond acceptors (Lipinski definition) is 2. The summed E-state index contributed by atoms with van der Waals surface area (Å²) < 4.78 is 1.12. The van der Waals surface area contributed by atoms with Crippen molar-refractivity contribution in [2.24, 2.45) is 0 Å². The van der Waals surface area contributed by atoms with E-state index in [2.05, 4.69) is 83.2 Å². The molecule has 0 aliphatic heterocycles. The van der Waals surface area contributed by atoms with E-state index < -0.39 is 6.10 Å². The Hall–Kier alpha value is -1.42. The average Bonchev–Trinajstić information content (AvgIpc) is 2.83. The molecule has 0 heterocycles. The number of halogens is 1. The second-order valence-corrected chi connectivity index (χ2v) is 10.4. The Kier molecular flexibility index (Phi) is 11.2. The maximum absolute atomic E-state index is 11.2. The Morgan fingerprint density at radius 2 is 1.33 bits per heavy atom. The largest absolute Gasteiger partial charge is 0.387 e. The summed E-state index contributed by atoms with van der Waals surface area (Å²) in [6, 6.07) is 17.2. The van der Waals surface area contributed by atoms with E-state index in [1.807, 2.05) is 0 Å². The molecule has 1 unspecified atom stereocenters. The molecule has 33 heavy (non-hydrogen) atoms. The van der Waals surface area contributed by atoms with E-state index in [-0.39, 0.29) is 0 Å². The van der Waals surface area contributed by atoms with Crippen molar-refractivity contribution < 1.29 is 5.11 Å². The maximum atomic E-state index is 11.2. The summed E-state index contributed by atoms with van der Waals surface area (Å²) in [5.41, 5.74) is 1.02. The van der Waals surface area contributed by atoms with Crippen LogP contribution in [0.1, 0.15) is 89.7 Å². The van der Waals surface area contributed by atoms with Crippen molar-refractivity contribution in [1.29, 1.82) is 0 Å². The van der Waals surface area contributed by atoms with Gasteiger partial charge in [0, 0.05) is 11.0 Å². The van der Waals surface area contributed by atoms with Crippen LogP contribution in [-0.2, 0) is 0 Å². The molecule has 1 N–H and O–H groups in total. The third-order valence-corrected chi connectivity index (χ3v) is 7.46. The molecule has 1 atom stereocenters. The highest BCUT2D eigenvalue weighted by molar-refractivity contribution is 9.10. The highest BCUT2D eigenvalue weighted by atomic mass is 79.9. The van der Waals surface area contributed by atoms with Crippen molar-refractivity contribution in [3.8, 4) is 0 Å². The lowest BCUT2D eigenvalue weighted by molar-refractivity contribution is 0.110. The zero-order valence-electron chi connectivity index (χ0n) is 20.7. The summed E-state index contributed by atoms with van der Waals surface area (Å²) in [7, 11) is 0. The number of nitrogens with zero attached hydrogens (tertiary/aromatic N) is 1. The SMILES string of the molecule is CCCCCCCN(CCCCCCC)CC(O)c1ccc2cc(Br)c3ccccc3c2c1. The number of aliphatic hydroxyl groups excluding tert-OH is 1. The summed E-state index contributed by atoms with van der Waals surface area (Å²) >= 11 is 3.72. The molecule has 3 aromatic carbocycles. The number of benzene rings is 3. The monoisotopic (exact) mass is 511 g/mol. The first-order valence-corrected chi connectivity index (χ1v) is 13.9. The molecule has 0 aromatic heterocycles. The van der Waals surface area contributed by atoms with Crippen molar-refractivity contribution >= 4 is 37.5 Å². The fourth-order valence-corrected chi connectivity index (χ4v) is 5.40. The van der Waals surface area contributed by atoms with E-state index >= 15 is 0 Å². The molecule has 0 amide bonds. The molecular formula is C30H42BrNO. The standard InChI is InChI=1S/C30H42BrNO/c1-3-5-7-9-13-19-32(20-14-10-8-6-4-2)23-30(33)25-18-17-24-22-29(31)27-16-12-11-15-26(27)28(24)21-25/h11-12,15-18,21-22,30,33H,3-10,13-14,19-20,23H2,1-2H3. The van der Waals surface area contributed by atoms with Crippen LogP contribution in [0.4, 0.5) is 0 Å². The summed E-state index contributed by atoms with van der Waals surface area (Å²) in [6.45, 7) is 7.45. The molecule has 0 radical (unpaired) electrons. The molecule has 0 saturated carbocycles. The van der Waals surface area contributed by atoms with Gasteiger partial charge in [0.15, 0.2) is 0 Å². The highest BCUT2D eigenvalue weighted by Gasteiger charge is 2.15. The van der Waals surface area contributed by atoms with Gasteiger partial charge in [-0.2, -0.15) is 0 Å². The van der Waals surface area contributed by atoms with E-state index in [1.54, 1.807) is 0 Å². The topological polar surface area (TPSA) is 23.5 Å². The van der Waals surface area contributed by atoms with Gasteiger partial charge in [0.05, 0.1) is 6.10 Å². The zero-order valence-corrected chi connectivity index (χ0v) is 22.2. The second kappa shape index (κ2) is 14.1. The summed E-state index contributed by atoms with van der Waals surface area (Å²) in [5.74, 6) is 0. The predicted octanol–water partition coefficient (Wildman–Crippen LogP) is 9.03. The minimum atomic E-state index is -0.455. The van der Waals surface area contributed by atoms with Crippen molar-refractivity contribution in [3.05, 3.63) is 58.6 Å². The molecule has 180 valence electrons. The molecule has 3 aromatic rings. The molecule has 0 bridgehead atoms. The number of unbranched alkanes of at least 4 members (excludes halogenated alkanes) is 8. The van der Waals surface area contributed by atoms with Gasteiger partial charge < -0.3 is 10.0 Å². The van der Waals surface area contributed by atoms with Gasteiger partial charge in [-0.05, 0) is 65.2 Å². The van der Waals surface area contributed by atoms with E-state index in [0.29, 0.717) is 0 Å². The van der Waals surface area contributed by atoms with Crippen molar-refractivity contribution in [2.45, 2.75) is 84.2 Å². The zero-order chi connectivity index (χ0) is 23.5. The quantitative estimate of drug-likeness (QED) is 0.162. The van der Waals surface area contributed by atoms with Gasteiger partial charge in [0.2, 0.25) is 0 Å². The molecule has 3 rings (SSSR count). The lowest BCUT2D eigenvalue weighted by Gasteiger charge is -2.25. The van der Waals surface area contributed by atoms with Crippen LogP contribution in [0.3, 0.4) is 0 Å². The minimum absolute atomic E-state index is 0.455. The predicted molar refractivity (Wildman–Crippen MR) is 148 cm³/mol. The first-order valence-electron chi connectivity index (χ1n) is 13.1. The number of fused-ring (bicyclic) bond motifs is 3.